The number of imide groups is 3. The fraction of sp³-hybridized carbons (Fsp3) is 0.259. The molecule has 2 aliphatic carbocycles. The van der Waals surface area contributed by atoms with Gasteiger partial charge < -0.3 is 14.4 Å². The Morgan fingerprint density at radius 2 is 1.57 bits per heavy atom. The molecule has 2 atom stereocenters. The molecule has 4 amide bonds. The van der Waals surface area contributed by atoms with Gasteiger partial charge in [0.15, 0.2) is 0 Å². The predicted octanol–water partition coefficient (Wildman–Crippen LogP) is 2.77. The maximum Gasteiger partial charge on any atom is 0.338 e. The summed E-state index contributed by atoms with van der Waals surface area (Å²) in [7, 11) is 2.30. The first-order valence-corrected chi connectivity index (χ1v) is 11.4. The summed E-state index contributed by atoms with van der Waals surface area (Å²) in [5.41, 5.74) is 0.515. The summed E-state index contributed by atoms with van der Waals surface area (Å²) in [6.45, 7) is 0.311. The number of carbonyl (C=O) groups excluding carboxylic acids is 5. The number of ether oxygens (including phenoxy) is 2. The van der Waals surface area contributed by atoms with Gasteiger partial charge in [-0.1, -0.05) is 42.5 Å². The van der Waals surface area contributed by atoms with Crippen LogP contribution in [0.2, 0.25) is 0 Å². The molecular weight excluding hydrogens is 523 g/mol. The number of amides is 4. The van der Waals surface area contributed by atoms with Crippen molar-refractivity contribution in [2.24, 2.45) is 5.92 Å². The van der Waals surface area contributed by atoms with Crippen LogP contribution in [0.25, 0.3) is 0 Å². The first-order chi connectivity index (χ1) is 17.4. The second-order valence-corrected chi connectivity index (χ2v) is 8.34. The molecule has 10 heteroatoms. The summed E-state index contributed by atoms with van der Waals surface area (Å²) in [5.74, 6) is -4.59. The van der Waals surface area contributed by atoms with E-state index >= 15 is 0 Å². The zero-order valence-corrected chi connectivity index (χ0v) is 21.3. The van der Waals surface area contributed by atoms with Crippen molar-refractivity contribution in [2.75, 3.05) is 20.8 Å². The molecular formula is C27H25CoN2O7. The van der Waals surface area contributed by atoms with Crippen molar-refractivity contribution >= 4 is 29.8 Å². The number of hydrogen-bond acceptors (Lipinski definition) is 7. The van der Waals surface area contributed by atoms with Gasteiger partial charge >= 0.3 is 18.0 Å². The Hall–Kier alpha value is -3.76. The van der Waals surface area contributed by atoms with Gasteiger partial charge in [-0.3, -0.25) is 9.59 Å². The van der Waals surface area contributed by atoms with E-state index < -0.39 is 41.7 Å². The summed E-state index contributed by atoms with van der Waals surface area (Å²) in [4.78, 5) is 66.9. The molecule has 0 aromatic heterocycles. The van der Waals surface area contributed by atoms with Gasteiger partial charge in [-0.15, -0.1) is 0 Å². The fourth-order valence-corrected chi connectivity index (χ4v) is 4.76. The van der Waals surface area contributed by atoms with Crippen molar-refractivity contribution in [3.05, 3.63) is 89.4 Å². The van der Waals surface area contributed by atoms with Crippen LogP contribution in [-0.4, -0.2) is 66.4 Å². The molecule has 0 bridgehead atoms. The molecule has 2 aliphatic heterocycles. The molecule has 5 rings (SSSR count). The summed E-state index contributed by atoms with van der Waals surface area (Å²) >= 11 is 0. The van der Waals surface area contributed by atoms with E-state index in [9.17, 15) is 24.0 Å². The Balaban J connectivity index is 0.000000568. The number of hydrogen-bond donors (Lipinski definition) is 0. The smallest absolute Gasteiger partial charge is 0.338 e. The van der Waals surface area contributed by atoms with Gasteiger partial charge in [-0.25, -0.2) is 14.4 Å². The molecule has 1 aromatic carbocycles. The van der Waals surface area contributed by atoms with Crippen molar-refractivity contribution in [3.8, 4) is 0 Å². The Labute approximate surface area is 224 Å². The zero-order valence-electron chi connectivity index (χ0n) is 20.2. The van der Waals surface area contributed by atoms with Crippen LogP contribution in [0.5, 0.6) is 0 Å². The summed E-state index contributed by atoms with van der Waals surface area (Å²) in [6, 6.07) is 6.44. The molecule has 2 fully saturated rings. The molecule has 2 saturated heterocycles. The van der Waals surface area contributed by atoms with Gasteiger partial charge in [-0.2, -0.15) is 4.90 Å². The third-order valence-electron chi connectivity index (χ3n) is 6.34. The predicted molar refractivity (Wildman–Crippen MR) is 128 cm³/mol. The number of allylic oxidation sites excluding steroid dienone is 4. The molecule has 1 aromatic rings. The van der Waals surface area contributed by atoms with Crippen LogP contribution in [0.4, 0.5) is 4.79 Å². The molecule has 0 spiro atoms. The number of nitrogens with zero attached hydrogens (tertiary/aromatic N) is 2. The van der Waals surface area contributed by atoms with Crippen molar-refractivity contribution in [1.29, 1.82) is 0 Å². The van der Waals surface area contributed by atoms with Crippen LogP contribution in [0.3, 0.4) is 0 Å². The van der Waals surface area contributed by atoms with Crippen LogP contribution in [0.1, 0.15) is 23.2 Å². The second kappa shape index (κ2) is 12.0. The minimum atomic E-state index is -1.24. The molecule has 0 saturated carbocycles. The third kappa shape index (κ3) is 5.21. The molecule has 9 nitrogen and oxygen atoms in total. The monoisotopic (exact) mass is 548 g/mol. The first kappa shape index (κ1) is 27.8. The van der Waals surface area contributed by atoms with Gasteiger partial charge in [0, 0.05) is 35.3 Å². The summed E-state index contributed by atoms with van der Waals surface area (Å²) in [6.07, 6.45) is 12.6. The van der Waals surface area contributed by atoms with Crippen LogP contribution in [0, 0.1) is 12.3 Å². The quantitative estimate of drug-likeness (QED) is 0.422. The van der Waals surface area contributed by atoms with Crippen molar-refractivity contribution in [2.45, 2.75) is 18.9 Å². The number of esters is 2. The molecule has 37 heavy (non-hydrogen) atoms. The van der Waals surface area contributed by atoms with Crippen LogP contribution in [0.15, 0.2) is 77.4 Å². The topological polar surface area (TPSA) is 110 Å². The average molecular weight is 548 g/mol. The molecule has 2 radical (unpaired) electrons. The van der Waals surface area contributed by atoms with Crippen LogP contribution in [-0.2, 0) is 40.6 Å². The van der Waals surface area contributed by atoms with Gasteiger partial charge in [0.05, 0.1) is 37.3 Å². The van der Waals surface area contributed by atoms with E-state index in [1.54, 1.807) is 18.2 Å². The van der Waals surface area contributed by atoms with Gasteiger partial charge in [0.2, 0.25) is 5.91 Å². The standard InChI is InChI=1S/C22H20N2O7.C5H5.Co/c1-30-20(27)14-11-13-9-6-10-23-17(13)16(15(14)21(28)31-2)19(26)24(22(23)29)18(25)12-7-4-3-5-8-12;1-2-4-5-3-1;/h3-5,7-8,11,16-17H,6,9-10H2,1-2H3;1-5H;/t16-,17+;;/m1../s1. The van der Waals surface area contributed by atoms with E-state index in [1.807, 2.05) is 30.7 Å². The van der Waals surface area contributed by atoms with Gasteiger partial charge in [-0.05, 0) is 36.6 Å². The molecule has 0 N–H and O–H groups in total. The minimum Gasteiger partial charge on any atom is -0.466 e. The van der Waals surface area contributed by atoms with E-state index in [4.69, 9.17) is 9.47 Å². The number of methoxy groups -OCH3 is 2. The van der Waals surface area contributed by atoms with E-state index in [0.29, 0.717) is 29.9 Å². The minimum absolute atomic E-state index is 0. The second-order valence-electron chi connectivity index (χ2n) is 8.34. The van der Waals surface area contributed by atoms with Crippen molar-refractivity contribution in [3.63, 3.8) is 0 Å². The van der Waals surface area contributed by atoms with Gasteiger partial charge in [0.1, 0.15) is 0 Å². The first-order valence-electron chi connectivity index (χ1n) is 11.4. The van der Waals surface area contributed by atoms with E-state index in [2.05, 4.69) is 0 Å². The third-order valence-corrected chi connectivity index (χ3v) is 6.34. The van der Waals surface area contributed by atoms with Gasteiger partial charge in [0.25, 0.3) is 5.91 Å². The number of urea groups is 1. The maximum absolute atomic E-state index is 13.5. The molecule has 0 unspecified atom stereocenters. The largest absolute Gasteiger partial charge is 0.466 e. The Morgan fingerprint density at radius 3 is 2.14 bits per heavy atom. The van der Waals surface area contributed by atoms with E-state index in [0.717, 1.165) is 7.11 Å². The summed E-state index contributed by atoms with van der Waals surface area (Å²) < 4.78 is 9.66. The number of carbonyl (C=O) groups is 5. The summed E-state index contributed by atoms with van der Waals surface area (Å²) in [5, 5.41) is 0. The number of rotatable bonds is 3. The molecule has 194 valence electrons. The van der Waals surface area contributed by atoms with Crippen LogP contribution < -0.4 is 0 Å². The van der Waals surface area contributed by atoms with Crippen LogP contribution >= 0.6 is 0 Å². The maximum atomic E-state index is 13.5. The Morgan fingerprint density at radius 1 is 0.919 bits per heavy atom. The Kier molecular flexibility index (Phi) is 9.01. The van der Waals surface area contributed by atoms with Crippen molar-refractivity contribution in [1.82, 2.24) is 9.80 Å². The number of benzene rings is 1. The fourth-order valence-electron chi connectivity index (χ4n) is 4.76. The van der Waals surface area contributed by atoms with Crippen molar-refractivity contribution < 1.29 is 50.2 Å². The van der Waals surface area contributed by atoms with E-state index in [1.165, 1.54) is 30.2 Å². The average Bonchev–Trinajstić information content (AvgIpc) is 3.51. The van der Waals surface area contributed by atoms with E-state index in [-0.39, 0.29) is 33.5 Å². The molecule has 4 aliphatic rings. The molecule has 2 heterocycles. The Bertz CT molecular complexity index is 1220. The number of piperidine rings is 1. The zero-order chi connectivity index (χ0) is 25.8. The SMILES string of the molecule is COC(=O)C1=C(C(=O)OC)[C@H]2C(=O)N(C(=O)c3ccccc3)C(=O)N3CCCC(=C1)[C@@H]23.[CH]1C=CC=C1.[Co]. The normalized spacial score (nSPS) is 21.3.